The second kappa shape index (κ2) is 4.67. The van der Waals surface area contributed by atoms with Crippen molar-refractivity contribution in [2.75, 3.05) is 0 Å². The van der Waals surface area contributed by atoms with Gasteiger partial charge in [-0.25, -0.2) is 0 Å². The summed E-state index contributed by atoms with van der Waals surface area (Å²) in [7, 11) is 0. The van der Waals surface area contributed by atoms with Gasteiger partial charge in [0.15, 0.2) is 6.33 Å². The summed E-state index contributed by atoms with van der Waals surface area (Å²) in [4.78, 5) is 1.24. The van der Waals surface area contributed by atoms with E-state index in [0.29, 0.717) is 0 Å². The maximum Gasteiger partial charge on any atom is 0.164 e. The van der Waals surface area contributed by atoms with Crippen LogP contribution >= 0.6 is 0 Å². The summed E-state index contributed by atoms with van der Waals surface area (Å²) < 4.78 is 0. The molecule has 15 heavy (non-hydrogen) atoms. The highest BCUT2D eigenvalue weighted by molar-refractivity contribution is 5.79. The summed E-state index contributed by atoms with van der Waals surface area (Å²) in [6.07, 6.45) is 2.84. The van der Waals surface area contributed by atoms with E-state index in [1.54, 1.807) is 0 Å². The number of tetrazole rings is 1. The molecule has 5 nitrogen and oxygen atoms in total. The van der Waals surface area contributed by atoms with E-state index < -0.39 is 0 Å². The van der Waals surface area contributed by atoms with Gasteiger partial charge in [-0.15, -0.1) is 15.0 Å². The lowest BCUT2D eigenvalue weighted by atomic mass is 10.2. The molecule has 0 N–H and O–H groups in total. The van der Waals surface area contributed by atoms with Gasteiger partial charge in [-0.1, -0.05) is 24.1 Å². The lowest BCUT2D eigenvalue weighted by Gasteiger charge is -1.84. The molecule has 0 amide bonds. The summed E-state index contributed by atoms with van der Waals surface area (Å²) in [6.45, 7) is 0. The molecular formula is C10H7N5. The van der Waals surface area contributed by atoms with Gasteiger partial charge < -0.3 is 0 Å². The van der Waals surface area contributed by atoms with Crippen molar-refractivity contribution in [3.05, 3.63) is 42.2 Å². The minimum Gasteiger partial charge on any atom is -0.147 e. The molecule has 5 heteroatoms. The van der Waals surface area contributed by atoms with Gasteiger partial charge in [-0.05, 0) is 28.5 Å². The van der Waals surface area contributed by atoms with Crippen molar-refractivity contribution in [2.45, 2.75) is 0 Å². The zero-order chi connectivity index (χ0) is 10.3. The van der Waals surface area contributed by atoms with E-state index in [-0.39, 0.29) is 0 Å². The summed E-state index contributed by atoms with van der Waals surface area (Å²) >= 11 is 0. The van der Waals surface area contributed by atoms with Crippen molar-refractivity contribution in [3.8, 4) is 11.8 Å². The maximum absolute atomic E-state index is 3.86. The molecule has 0 aliphatic rings. The second-order valence-corrected chi connectivity index (χ2v) is 2.61. The molecular weight excluding hydrogens is 190 g/mol. The largest absolute Gasteiger partial charge is 0.164 e. The van der Waals surface area contributed by atoms with Crippen molar-refractivity contribution in [1.29, 1.82) is 0 Å². The van der Waals surface area contributed by atoms with Crippen LogP contribution in [0.3, 0.4) is 0 Å². The molecule has 0 radical (unpaired) electrons. The van der Waals surface area contributed by atoms with Crippen LogP contribution in [-0.4, -0.2) is 26.5 Å². The lowest BCUT2D eigenvalue weighted by Crippen LogP contribution is -1.88. The van der Waals surface area contributed by atoms with Gasteiger partial charge in [0, 0.05) is 5.56 Å². The predicted molar refractivity (Wildman–Crippen MR) is 55.0 cm³/mol. The van der Waals surface area contributed by atoms with Crippen molar-refractivity contribution >= 4 is 6.21 Å². The molecule has 0 bridgehead atoms. The molecule has 0 spiro atoms. The minimum absolute atomic E-state index is 0.945. The van der Waals surface area contributed by atoms with Gasteiger partial charge in [-0.3, -0.25) is 0 Å². The number of hydrogen-bond donors (Lipinski definition) is 0. The maximum atomic E-state index is 3.86. The molecule has 0 saturated heterocycles. The summed E-state index contributed by atoms with van der Waals surface area (Å²) in [6, 6.07) is 9.67. The van der Waals surface area contributed by atoms with E-state index >= 15 is 0 Å². The van der Waals surface area contributed by atoms with E-state index in [9.17, 15) is 0 Å². The highest BCUT2D eigenvalue weighted by Crippen LogP contribution is 1.93. The minimum atomic E-state index is 0.945. The fraction of sp³-hybridized carbons (Fsp3) is 0. The smallest absolute Gasteiger partial charge is 0.147 e. The highest BCUT2D eigenvalue weighted by Gasteiger charge is 1.82. The third-order valence-electron chi connectivity index (χ3n) is 1.57. The third-order valence-corrected chi connectivity index (χ3v) is 1.57. The van der Waals surface area contributed by atoms with Crippen molar-refractivity contribution in [2.24, 2.45) is 5.10 Å². The van der Waals surface area contributed by atoms with Crippen LogP contribution in [0.5, 0.6) is 0 Å². The van der Waals surface area contributed by atoms with Gasteiger partial charge in [0.25, 0.3) is 0 Å². The zero-order valence-electron chi connectivity index (χ0n) is 7.78. The third kappa shape index (κ3) is 2.74. The van der Waals surface area contributed by atoms with Gasteiger partial charge >= 0.3 is 0 Å². The van der Waals surface area contributed by atoms with Crippen LogP contribution in [0.4, 0.5) is 0 Å². The Balaban J connectivity index is 2.02. The van der Waals surface area contributed by atoms with E-state index in [4.69, 9.17) is 0 Å². The molecule has 1 aromatic heterocycles. The lowest BCUT2D eigenvalue weighted by molar-refractivity contribution is 0.694. The van der Waals surface area contributed by atoms with Crippen molar-refractivity contribution < 1.29 is 0 Å². The monoisotopic (exact) mass is 197 g/mol. The van der Waals surface area contributed by atoms with Crippen molar-refractivity contribution in [3.63, 3.8) is 0 Å². The van der Waals surface area contributed by atoms with E-state index in [1.807, 2.05) is 30.3 Å². The molecule has 0 fully saturated rings. The molecule has 2 rings (SSSR count). The van der Waals surface area contributed by atoms with Gasteiger partial charge in [0.1, 0.15) is 0 Å². The zero-order valence-corrected chi connectivity index (χ0v) is 7.78. The fourth-order valence-corrected chi connectivity index (χ4v) is 0.934. The average Bonchev–Trinajstić information content (AvgIpc) is 2.79. The van der Waals surface area contributed by atoms with Gasteiger partial charge in [0.2, 0.25) is 0 Å². The number of rotatable bonds is 1. The van der Waals surface area contributed by atoms with Crippen LogP contribution in [0, 0.1) is 11.8 Å². The predicted octanol–water partition coefficient (Wildman–Crippen LogP) is 0.559. The molecule has 0 saturated carbocycles. The topological polar surface area (TPSA) is 56.0 Å². The molecule has 0 aliphatic carbocycles. The van der Waals surface area contributed by atoms with E-state index in [1.165, 1.54) is 17.3 Å². The Bertz CT molecular complexity index is 490. The Hall–Kier alpha value is -2.48. The SMILES string of the molecule is C(#Cc1ccccc1)/C=N\n1cnnn1. The van der Waals surface area contributed by atoms with Crippen LogP contribution in [-0.2, 0) is 0 Å². The first-order valence-electron chi connectivity index (χ1n) is 4.27. The molecule has 1 heterocycles. The van der Waals surface area contributed by atoms with Gasteiger partial charge in [-0.2, -0.15) is 0 Å². The number of aromatic nitrogens is 4. The van der Waals surface area contributed by atoms with Crippen LogP contribution < -0.4 is 0 Å². The van der Waals surface area contributed by atoms with E-state index in [0.717, 1.165) is 5.56 Å². The van der Waals surface area contributed by atoms with E-state index in [2.05, 4.69) is 32.5 Å². The second-order valence-electron chi connectivity index (χ2n) is 2.61. The Morgan fingerprint density at radius 3 is 2.87 bits per heavy atom. The molecule has 2 aromatic rings. The fourth-order valence-electron chi connectivity index (χ4n) is 0.934. The van der Waals surface area contributed by atoms with Crippen LogP contribution in [0.25, 0.3) is 0 Å². The summed E-state index contributed by atoms with van der Waals surface area (Å²) in [5.41, 5.74) is 0.945. The Labute approximate surface area is 86.4 Å². The number of hydrogen-bond acceptors (Lipinski definition) is 4. The standard InChI is InChI=1S/C10H7N5/c1-2-5-10(6-3-1)7-4-8-12-15-9-11-13-14-15/h1-3,5-6,8-9H/b12-8-. The van der Waals surface area contributed by atoms with Crippen LogP contribution in [0.2, 0.25) is 0 Å². The van der Waals surface area contributed by atoms with Crippen molar-refractivity contribution in [1.82, 2.24) is 20.3 Å². The quantitative estimate of drug-likeness (QED) is 0.495. The normalized spacial score (nSPS) is 9.87. The molecule has 0 atom stereocenters. The van der Waals surface area contributed by atoms with Gasteiger partial charge in [0.05, 0.1) is 6.21 Å². The number of benzene rings is 1. The average molecular weight is 197 g/mol. The first kappa shape index (κ1) is 9.09. The highest BCUT2D eigenvalue weighted by atomic mass is 15.6. The molecule has 1 aromatic carbocycles. The van der Waals surface area contributed by atoms with Crippen LogP contribution in [0.15, 0.2) is 41.8 Å². The Morgan fingerprint density at radius 1 is 1.27 bits per heavy atom. The summed E-state index contributed by atoms with van der Waals surface area (Å²) in [5, 5.41) is 14.3. The molecule has 0 unspecified atom stereocenters. The number of nitrogens with zero attached hydrogens (tertiary/aromatic N) is 5. The van der Waals surface area contributed by atoms with Crippen LogP contribution in [0.1, 0.15) is 5.56 Å². The Kier molecular flexibility index (Phi) is 2.83. The molecule has 0 aliphatic heterocycles. The first-order chi connectivity index (χ1) is 7.45. The Morgan fingerprint density at radius 2 is 2.13 bits per heavy atom. The summed E-state index contributed by atoms with van der Waals surface area (Å²) in [5.74, 6) is 5.71. The first-order valence-corrected chi connectivity index (χ1v) is 4.27. The molecule has 72 valence electrons.